The number of aryl methyl sites for hydroxylation is 1. The number of allylic oxidation sites excluding steroid dienone is 3. The van der Waals surface area contributed by atoms with Crippen molar-refractivity contribution in [3.63, 3.8) is 0 Å². The molecule has 12 rings (SSSR count). The summed E-state index contributed by atoms with van der Waals surface area (Å²) < 4.78 is 13.1. The van der Waals surface area contributed by atoms with Crippen LogP contribution in [0.2, 0.25) is 0 Å². The zero-order chi connectivity index (χ0) is 35.3. The van der Waals surface area contributed by atoms with E-state index in [1.54, 1.807) is 0 Å². The normalized spacial score (nSPS) is 17.4. The lowest BCUT2D eigenvalue weighted by molar-refractivity contribution is 0.270. The van der Waals surface area contributed by atoms with E-state index >= 15 is 0 Å². The zero-order valence-electron chi connectivity index (χ0n) is 29.2. The second-order valence-corrected chi connectivity index (χ2v) is 14.5. The van der Waals surface area contributed by atoms with Gasteiger partial charge in [-0.1, -0.05) is 133 Å². The van der Waals surface area contributed by atoms with Crippen LogP contribution in [0.1, 0.15) is 40.4 Å². The predicted molar refractivity (Wildman–Crippen MR) is 216 cm³/mol. The second-order valence-electron chi connectivity index (χ2n) is 14.5. The Bertz CT molecular complexity index is 2980. The Labute approximate surface area is 311 Å². The average molecular weight is 694 g/mol. The molecular weight excluding hydrogens is 663 g/mol. The molecule has 8 aromatic rings. The summed E-state index contributed by atoms with van der Waals surface area (Å²) in [5.74, 6) is 3.85. The predicted octanol–water partition coefficient (Wildman–Crippen LogP) is 11.7. The number of hydrogen-bond donors (Lipinski definition) is 0. The molecule has 3 aliphatic carbocycles. The van der Waals surface area contributed by atoms with E-state index in [9.17, 15) is 0 Å². The molecule has 0 amide bonds. The molecule has 0 radical (unpaired) electrons. The maximum absolute atomic E-state index is 6.78. The fourth-order valence-corrected chi connectivity index (χ4v) is 9.14. The van der Waals surface area contributed by atoms with Crippen molar-refractivity contribution in [2.24, 2.45) is 0 Å². The van der Waals surface area contributed by atoms with Crippen LogP contribution in [0.25, 0.3) is 84.3 Å². The van der Waals surface area contributed by atoms with Crippen LogP contribution < -0.4 is 4.74 Å². The summed E-state index contributed by atoms with van der Waals surface area (Å²) in [4.78, 5) is 15.6. The molecule has 0 spiro atoms. The minimum Gasteiger partial charge on any atom is -0.485 e. The first-order chi connectivity index (χ1) is 26.8. The van der Waals surface area contributed by atoms with Crippen molar-refractivity contribution in [3.05, 3.63) is 174 Å². The number of fused-ring (bicyclic) bond motifs is 9. The van der Waals surface area contributed by atoms with Gasteiger partial charge in [0.25, 0.3) is 0 Å². The van der Waals surface area contributed by atoms with Gasteiger partial charge < -0.3 is 9.15 Å². The maximum atomic E-state index is 6.78. The first kappa shape index (κ1) is 29.7. The average Bonchev–Trinajstić information content (AvgIpc) is 3.90. The van der Waals surface area contributed by atoms with Crippen LogP contribution in [0.3, 0.4) is 0 Å². The fourth-order valence-electron chi connectivity index (χ4n) is 9.14. The molecule has 0 saturated heterocycles. The molecule has 0 N–H and O–H groups in total. The van der Waals surface area contributed by atoms with E-state index < -0.39 is 0 Å². The van der Waals surface area contributed by atoms with Gasteiger partial charge in [0.05, 0.1) is 0 Å². The van der Waals surface area contributed by atoms with Crippen LogP contribution in [0, 0.1) is 0 Å². The van der Waals surface area contributed by atoms with Crippen LogP contribution >= 0.6 is 0 Å². The van der Waals surface area contributed by atoms with Gasteiger partial charge in [-0.2, -0.15) is 0 Å². The van der Waals surface area contributed by atoms with E-state index in [4.69, 9.17) is 24.1 Å². The van der Waals surface area contributed by atoms with Gasteiger partial charge in [0.15, 0.2) is 17.5 Å². The van der Waals surface area contributed by atoms with E-state index in [-0.39, 0.29) is 12.0 Å². The third kappa shape index (κ3) is 4.29. The van der Waals surface area contributed by atoms with Gasteiger partial charge in [0, 0.05) is 45.5 Å². The number of nitrogens with zero attached hydrogens (tertiary/aromatic N) is 3. The number of furan rings is 1. The Balaban J connectivity index is 1.04. The third-order valence-electron chi connectivity index (χ3n) is 11.5. The summed E-state index contributed by atoms with van der Waals surface area (Å²) in [7, 11) is 0. The highest BCUT2D eigenvalue weighted by molar-refractivity contribution is 6.23. The van der Waals surface area contributed by atoms with E-state index in [1.807, 2.05) is 30.3 Å². The summed E-state index contributed by atoms with van der Waals surface area (Å²) in [6, 6.07) is 44.5. The third-order valence-corrected chi connectivity index (χ3v) is 11.5. The van der Waals surface area contributed by atoms with Gasteiger partial charge in [-0.15, -0.1) is 0 Å². The van der Waals surface area contributed by atoms with E-state index in [2.05, 4.69) is 121 Å². The van der Waals surface area contributed by atoms with E-state index in [0.717, 1.165) is 68.7 Å². The van der Waals surface area contributed by atoms with Gasteiger partial charge in [0.1, 0.15) is 23.2 Å². The Kier molecular flexibility index (Phi) is 6.23. The molecule has 2 atom stereocenters. The number of benzene rings is 6. The molecule has 4 aliphatic rings. The van der Waals surface area contributed by atoms with Crippen LogP contribution in [-0.2, 0) is 6.42 Å². The van der Waals surface area contributed by atoms with Gasteiger partial charge in [-0.25, -0.2) is 15.0 Å². The summed E-state index contributed by atoms with van der Waals surface area (Å²) in [6.45, 7) is 0. The first-order valence-corrected chi connectivity index (χ1v) is 18.7. The van der Waals surface area contributed by atoms with E-state index in [0.29, 0.717) is 17.5 Å². The molecule has 54 heavy (non-hydrogen) atoms. The molecule has 0 saturated carbocycles. The zero-order valence-corrected chi connectivity index (χ0v) is 29.2. The van der Waals surface area contributed by atoms with Crippen molar-refractivity contribution < 1.29 is 9.15 Å². The fraction of sp³-hybridized carbons (Fsp3) is 0.0816. The standard InChI is InChI=1S/C49H31N3O2/c1-2-12-29(13-3-1)47-50-48(52-49(51-47)36-22-11-25-42-46(36)35-18-6-7-23-40(35)53-42)34-17-5-4-16-30(34)31-21-10-24-41-45(31)39-26-37-32-19-8-14-28-15-9-20-33(44(28)32)38(37)27-43(39)54-41/h1-6,8-22,24-27,39,43H,7,23H2. The lowest BCUT2D eigenvalue weighted by Crippen LogP contribution is -2.18. The Morgan fingerprint density at radius 1 is 0.537 bits per heavy atom. The van der Waals surface area contributed by atoms with E-state index in [1.165, 1.54) is 38.6 Å². The molecule has 5 nitrogen and oxygen atoms in total. The molecule has 2 unspecified atom stereocenters. The smallest absolute Gasteiger partial charge is 0.164 e. The molecule has 0 bridgehead atoms. The molecule has 0 fully saturated rings. The highest BCUT2D eigenvalue weighted by Crippen LogP contribution is 2.55. The van der Waals surface area contributed by atoms with Crippen molar-refractivity contribution in [3.8, 4) is 51.0 Å². The minimum absolute atomic E-state index is 0.0549. The van der Waals surface area contributed by atoms with Crippen molar-refractivity contribution >= 4 is 39.0 Å². The minimum atomic E-state index is -0.0967. The molecular formula is C49H31N3O2. The van der Waals surface area contributed by atoms with Crippen molar-refractivity contribution in [2.75, 3.05) is 0 Å². The number of rotatable bonds is 4. The summed E-state index contributed by atoms with van der Waals surface area (Å²) in [5.41, 5.74) is 13.3. The van der Waals surface area contributed by atoms with Crippen LogP contribution in [0.15, 0.2) is 150 Å². The largest absolute Gasteiger partial charge is 0.485 e. The monoisotopic (exact) mass is 693 g/mol. The molecule has 5 heteroatoms. The SMILES string of the molecule is C1=Cc2c(oc3cccc(-c4nc(-c5ccccc5)nc(-c5ccccc5-c5cccc6c5C5C=C7C(=CC5O6)c5cccc6cccc7c56)n4)c23)CC1. The van der Waals surface area contributed by atoms with Crippen molar-refractivity contribution in [2.45, 2.75) is 24.9 Å². The highest BCUT2D eigenvalue weighted by atomic mass is 16.5. The van der Waals surface area contributed by atoms with Crippen molar-refractivity contribution in [1.82, 2.24) is 15.0 Å². The summed E-state index contributed by atoms with van der Waals surface area (Å²) in [6.07, 6.45) is 10.9. The molecule has 3 heterocycles. The quantitative estimate of drug-likeness (QED) is 0.184. The Morgan fingerprint density at radius 2 is 1.20 bits per heavy atom. The van der Waals surface area contributed by atoms with Gasteiger partial charge >= 0.3 is 0 Å². The molecule has 2 aromatic heterocycles. The van der Waals surface area contributed by atoms with Gasteiger partial charge in [0.2, 0.25) is 0 Å². The number of hydrogen-bond acceptors (Lipinski definition) is 5. The van der Waals surface area contributed by atoms with Gasteiger partial charge in [-0.05, 0) is 68.8 Å². The van der Waals surface area contributed by atoms with Crippen LogP contribution in [-0.4, -0.2) is 21.1 Å². The van der Waals surface area contributed by atoms with Crippen LogP contribution in [0.5, 0.6) is 5.75 Å². The maximum Gasteiger partial charge on any atom is 0.164 e. The molecule has 1 aliphatic heterocycles. The Morgan fingerprint density at radius 3 is 2.06 bits per heavy atom. The molecule has 6 aromatic carbocycles. The number of aromatic nitrogens is 3. The lowest BCUT2D eigenvalue weighted by atomic mass is 9.81. The van der Waals surface area contributed by atoms with Crippen LogP contribution in [0.4, 0.5) is 0 Å². The Hall–Kier alpha value is -6.85. The highest BCUT2D eigenvalue weighted by Gasteiger charge is 2.40. The second kappa shape index (κ2) is 11.3. The summed E-state index contributed by atoms with van der Waals surface area (Å²) >= 11 is 0. The van der Waals surface area contributed by atoms with Gasteiger partial charge in [-0.3, -0.25) is 0 Å². The summed E-state index contributed by atoms with van der Waals surface area (Å²) in [5, 5.41) is 3.65. The lowest BCUT2D eigenvalue weighted by Gasteiger charge is -2.22. The molecule has 254 valence electrons. The number of ether oxygens (including phenoxy) is 1. The topological polar surface area (TPSA) is 61.0 Å². The van der Waals surface area contributed by atoms with Crippen molar-refractivity contribution in [1.29, 1.82) is 0 Å². The first-order valence-electron chi connectivity index (χ1n) is 18.7.